The Hall–Kier alpha value is -1.09. The summed E-state index contributed by atoms with van der Waals surface area (Å²) >= 11 is 0. The molecule has 22 heavy (non-hydrogen) atoms. The molecule has 0 aliphatic carbocycles. The summed E-state index contributed by atoms with van der Waals surface area (Å²) in [7, 11) is 0. The van der Waals surface area contributed by atoms with Gasteiger partial charge in [-0.25, -0.2) is 4.98 Å². The molecule has 2 aliphatic heterocycles. The van der Waals surface area contributed by atoms with Crippen LogP contribution in [0.4, 0.5) is 5.82 Å². The Kier molecular flexibility index (Phi) is 5.35. The molecular formula is C19H31N3. The van der Waals surface area contributed by atoms with Crippen molar-refractivity contribution in [3.8, 4) is 0 Å². The topological polar surface area (TPSA) is 19.4 Å². The zero-order valence-corrected chi connectivity index (χ0v) is 14.4. The molecule has 3 heteroatoms. The Balaban J connectivity index is 1.77. The second kappa shape index (κ2) is 7.45. The Morgan fingerprint density at radius 2 is 1.91 bits per heavy atom. The highest BCUT2D eigenvalue weighted by Crippen LogP contribution is 2.33. The van der Waals surface area contributed by atoms with Gasteiger partial charge < -0.3 is 4.90 Å². The second-order valence-electron chi connectivity index (χ2n) is 6.99. The second-order valence-corrected chi connectivity index (χ2v) is 6.99. The van der Waals surface area contributed by atoms with Crippen molar-refractivity contribution in [2.75, 3.05) is 31.1 Å². The molecule has 2 aliphatic rings. The molecule has 0 unspecified atom stereocenters. The maximum atomic E-state index is 4.81. The normalized spacial score (nSPS) is 23.2. The molecule has 3 heterocycles. The van der Waals surface area contributed by atoms with Crippen LogP contribution in [0.2, 0.25) is 0 Å². The number of aryl methyl sites for hydroxylation is 1. The van der Waals surface area contributed by atoms with E-state index in [1.54, 1.807) is 0 Å². The van der Waals surface area contributed by atoms with Gasteiger partial charge in [0.25, 0.3) is 0 Å². The predicted molar refractivity (Wildman–Crippen MR) is 93.5 cm³/mol. The third-order valence-corrected chi connectivity index (χ3v) is 5.34. The average Bonchev–Trinajstić information content (AvgIpc) is 3.08. The van der Waals surface area contributed by atoms with Crippen molar-refractivity contribution < 1.29 is 0 Å². The largest absolute Gasteiger partial charge is 0.357 e. The van der Waals surface area contributed by atoms with Crippen LogP contribution >= 0.6 is 0 Å². The van der Waals surface area contributed by atoms with Gasteiger partial charge in [0.1, 0.15) is 5.82 Å². The molecule has 0 spiro atoms. The van der Waals surface area contributed by atoms with Gasteiger partial charge in [0.05, 0.1) is 0 Å². The van der Waals surface area contributed by atoms with Gasteiger partial charge in [0.15, 0.2) is 0 Å². The van der Waals surface area contributed by atoms with E-state index in [4.69, 9.17) is 4.98 Å². The van der Waals surface area contributed by atoms with Gasteiger partial charge in [-0.05, 0) is 69.3 Å². The number of nitrogens with zero attached hydrogens (tertiary/aromatic N) is 3. The first-order chi connectivity index (χ1) is 10.8. The third kappa shape index (κ3) is 3.45. The highest BCUT2D eigenvalue weighted by molar-refractivity contribution is 5.45. The molecular weight excluding hydrogens is 270 g/mol. The van der Waals surface area contributed by atoms with E-state index in [0.29, 0.717) is 6.04 Å². The lowest BCUT2D eigenvalue weighted by atomic mass is 9.93. The zero-order chi connectivity index (χ0) is 15.4. The van der Waals surface area contributed by atoms with Crippen molar-refractivity contribution in [3.05, 3.63) is 23.4 Å². The molecule has 0 bridgehead atoms. The smallest absolute Gasteiger partial charge is 0.128 e. The minimum Gasteiger partial charge on any atom is -0.357 e. The van der Waals surface area contributed by atoms with Crippen LogP contribution in [0.1, 0.15) is 69.0 Å². The molecule has 2 saturated heterocycles. The van der Waals surface area contributed by atoms with E-state index >= 15 is 0 Å². The zero-order valence-electron chi connectivity index (χ0n) is 14.4. The number of anilines is 1. The molecule has 1 atom stereocenters. The van der Waals surface area contributed by atoms with Crippen LogP contribution in [-0.4, -0.2) is 36.1 Å². The molecule has 3 rings (SSSR count). The van der Waals surface area contributed by atoms with Crippen LogP contribution in [0.5, 0.6) is 0 Å². The van der Waals surface area contributed by atoms with Crippen LogP contribution in [0.3, 0.4) is 0 Å². The third-order valence-electron chi connectivity index (χ3n) is 5.34. The first kappa shape index (κ1) is 15.8. The summed E-state index contributed by atoms with van der Waals surface area (Å²) in [5.74, 6) is 1.19. The minimum atomic E-state index is 0.598. The fourth-order valence-corrected chi connectivity index (χ4v) is 3.99. The lowest BCUT2D eigenvalue weighted by molar-refractivity contribution is 0.146. The molecule has 2 fully saturated rings. The summed E-state index contributed by atoms with van der Waals surface area (Å²) < 4.78 is 0. The predicted octanol–water partition coefficient (Wildman–Crippen LogP) is 4.32. The van der Waals surface area contributed by atoms with E-state index in [1.807, 2.05) is 0 Å². The summed E-state index contributed by atoms with van der Waals surface area (Å²) in [6, 6.07) is 2.92. The van der Waals surface area contributed by atoms with Crippen LogP contribution in [0, 0.1) is 6.92 Å². The van der Waals surface area contributed by atoms with Gasteiger partial charge in [-0.3, -0.25) is 4.90 Å². The number of piperidine rings is 1. The molecule has 0 aromatic carbocycles. The van der Waals surface area contributed by atoms with Gasteiger partial charge in [-0.2, -0.15) is 0 Å². The summed E-state index contributed by atoms with van der Waals surface area (Å²) in [5, 5.41) is 0. The molecule has 1 aromatic heterocycles. The molecule has 0 amide bonds. The Bertz CT molecular complexity index is 480. The van der Waals surface area contributed by atoms with Crippen molar-refractivity contribution >= 4 is 5.82 Å². The number of likely N-dealkylation sites (tertiary alicyclic amines) is 1. The van der Waals surface area contributed by atoms with E-state index in [0.717, 1.165) is 0 Å². The van der Waals surface area contributed by atoms with Crippen molar-refractivity contribution in [1.82, 2.24) is 9.88 Å². The number of rotatable bonds is 5. The number of hydrogen-bond donors (Lipinski definition) is 0. The quantitative estimate of drug-likeness (QED) is 0.807. The van der Waals surface area contributed by atoms with Gasteiger partial charge in [-0.1, -0.05) is 19.8 Å². The van der Waals surface area contributed by atoms with E-state index < -0.39 is 0 Å². The van der Waals surface area contributed by atoms with Crippen molar-refractivity contribution in [2.45, 2.75) is 64.8 Å². The number of unbranched alkanes of at least 4 members (excludes halogenated alkanes) is 1. The van der Waals surface area contributed by atoms with Crippen molar-refractivity contribution in [2.24, 2.45) is 0 Å². The molecule has 1 aromatic rings. The maximum Gasteiger partial charge on any atom is 0.128 e. The van der Waals surface area contributed by atoms with E-state index in [9.17, 15) is 0 Å². The SMILES string of the molecule is CCCCN1CCCC[C@H]1c1cnc(N2CCCC2)cc1C. The Morgan fingerprint density at radius 3 is 2.64 bits per heavy atom. The van der Waals surface area contributed by atoms with Gasteiger partial charge in [0.2, 0.25) is 0 Å². The van der Waals surface area contributed by atoms with Crippen LogP contribution in [0.15, 0.2) is 12.3 Å². The lowest BCUT2D eigenvalue weighted by Gasteiger charge is -2.36. The lowest BCUT2D eigenvalue weighted by Crippen LogP contribution is -2.34. The summed E-state index contributed by atoms with van der Waals surface area (Å²) in [6.45, 7) is 9.43. The standard InChI is InChI=1S/C19H31N3/c1-3-4-10-21-11-6-5-9-18(21)17-15-20-19(14-16(17)2)22-12-7-8-13-22/h14-15,18H,3-13H2,1-2H3/t18-/m0/s1. The van der Waals surface area contributed by atoms with Crippen LogP contribution in [-0.2, 0) is 0 Å². The molecule has 122 valence electrons. The first-order valence-corrected chi connectivity index (χ1v) is 9.25. The Labute approximate surface area is 135 Å². The Morgan fingerprint density at radius 1 is 1.14 bits per heavy atom. The van der Waals surface area contributed by atoms with Crippen LogP contribution < -0.4 is 4.90 Å². The van der Waals surface area contributed by atoms with Crippen LogP contribution in [0.25, 0.3) is 0 Å². The fraction of sp³-hybridized carbons (Fsp3) is 0.737. The van der Waals surface area contributed by atoms with Crippen molar-refractivity contribution in [1.29, 1.82) is 0 Å². The van der Waals surface area contributed by atoms with E-state index in [2.05, 4.69) is 35.9 Å². The van der Waals surface area contributed by atoms with Gasteiger partial charge >= 0.3 is 0 Å². The average molecular weight is 301 g/mol. The summed E-state index contributed by atoms with van der Waals surface area (Å²) in [6.07, 6.45) is 11.4. The number of pyridine rings is 1. The summed E-state index contributed by atoms with van der Waals surface area (Å²) in [4.78, 5) is 9.95. The monoisotopic (exact) mass is 301 g/mol. The molecule has 0 N–H and O–H groups in total. The van der Waals surface area contributed by atoms with Crippen molar-refractivity contribution in [3.63, 3.8) is 0 Å². The maximum absolute atomic E-state index is 4.81. The highest BCUT2D eigenvalue weighted by atomic mass is 15.2. The number of aromatic nitrogens is 1. The first-order valence-electron chi connectivity index (χ1n) is 9.25. The number of hydrogen-bond acceptors (Lipinski definition) is 3. The molecule has 3 nitrogen and oxygen atoms in total. The van der Waals surface area contributed by atoms with E-state index in [1.165, 1.54) is 88.1 Å². The van der Waals surface area contributed by atoms with Gasteiger partial charge in [0, 0.05) is 25.3 Å². The minimum absolute atomic E-state index is 0.598. The fourth-order valence-electron chi connectivity index (χ4n) is 3.99. The van der Waals surface area contributed by atoms with Gasteiger partial charge in [-0.15, -0.1) is 0 Å². The molecule has 0 saturated carbocycles. The molecule has 0 radical (unpaired) electrons. The van der Waals surface area contributed by atoms with E-state index in [-0.39, 0.29) is 0 Å². The highest BCUT2D eigenvalue weighted by Gasteiger charge is 2.25. The summed E-state index contributed by atoms with van der Waals surface area (Å²) in [5.41, 5.74) is 2.91.